The van der Waals surface area contributed by atoms with Crippen LogP contribution >= 0.6 is 0 Å². The second kappa shape index (κ2) is 6.96. The van der Waals surface area contributed by atoms with Crippen LogP contribution in [0.5, 0.6) is 0 Å². The Hall–Kier alpha value is -0.820. The normalized spacial score (nSPS) is 27.5. The second-order valence-corrected chi connectivity index (χ2v) is 7.45. The van der Waals surface area contributed by atoms with Gasteiger partial charge < -0.3 is 5.32 Å². The highest BCUT2D eigenvalue weighted by Crippen LogP contribution is 2.37. The number of hydrogen-bond donors (Lipinski definition) is 1. The molecule has 0 amide bonds. The van der Waals surface area contributed by atoms with Crippen LogP contribution in [0.25, 0.3) is 0 Å². The van der Waals surface area contributed by atoms with Gasteiger partial charge in [0, 0.05) is 6.04 Å². The molecule has 0 aromatic heterocycles. The highest BCUT2D eigenvalue weighted by molar-refractivity contribution is 5.32. The average molecular weight is 285 g/mol. The van der Waals surface area contributed by atoms with Crippen LogP contribution in [0.2, 0.25) is 0 Å². The maximum absolute atomic E-state index is 3.94. The molecule has 116 valence electrons. The molecule has 1 N–H and O–H groups in total. The third-order valence-electron chi connectivity index (χ3n) is 5.71. The van der Waals surface area contributed by atoms with Crippen molar-refractivity contribution in [2.24, 2.45) is 17.8 Å². The highest BCUT2D eigenvalue weighted by atomic mass is 14.9. The monoisotopic (exact) mass is 285 g/mol. The maximum atomic E-state index is 3.94. The van der Waals surface area contributed by atoms with Gasteiger partial charge in [0.25, 0.3) is 0 Å². The molecule has 3 rings (SSSR count). The van der Waals surface area contributed by atoms with Crippen molar-refractivity contribution in [2.45, 2.75) is 64.8 Å². The predicted molar refractivity (Wildman–Crippen MR) is 90.5 cm³/mol. The number of nitrogens with one attached hydrogen (secondary N) is 1. The largest absolute Gasteiger partial charge is 0.313 e. The smallest absolute Gasteiger partial charge is 0.0130 e. The molecule has 3 atom stereocenters. The van der Waals surface area contributed by atoms with Gasteiger partial charge in [-0.2, -0.15) is 0 Å². The standard InChI is InChI=1S/C20H31N/c1-3-11-21-20(18-10-6-7-15(2)12-18)19-13-16-8-4-5-9-17(16)14-19/h4-5,8-9,15,18-21H,3,6-7,10-14H2,1-2H3. The Morgan fingerprint density at radius 3 is 2.43 bits per heavy atom. The van der Waals surface area contributed by atoms with E-state index < -0.39 is 0 Å². The fourth-order valence-corrected chi connectivity index (χ4v) is 4.68. The van der Waals surface area contributed by atoms with Crippen LogP contribution < -0.4 is 5.32 Å². The zero-order valence-corrected chi connectivity index (χ0v) is 13.8. The van der Waals surface area contributed by atoms with Gasteiger partial charge >= 0.3 is 0 Å². The number of hydrogen-bond acceptors (Lipinski definition) is 1. The van der Waals surface area contributed by atoms with Gasteiger partial charge in [0.1, 0.15) is 0 Å². The number of benzene rings is 1. The molecular weight excluding hydrogens is 254 g/mol. The van der Waals surface area contributed by atoms with Crippen molar-refractivity contribution in [2.75, 3.05) is 6.54 Å². The first-order chi connectivity index (χ1) is 10.3. The van der Waals surface area contributed by atoms with E-state index in [4.69, 9.17) is 0 Å². The van der Waals surface area contributed by atoms with Crippen LogP contribution in [-0.2, 0) is 12.8 Å². The van der Waals surface area contributed by atoms with Gasteiger partial charge in [0.15, 0.2) is 0 Å². The van der Waals surface area contributed by atoms with Crippen LogP contribution in [0.1, 0.15) is 57.1 Å². The fraction of sp³-hybridized carbons (Fsp3) is 0.700. The van der Waals surface area contributed by atoms with E-state index in [1.165, 1.54) is 51.5 Å². The Morgan fingerprint density at radius 2 is 1.81 bits per heavy atom. The Balaban J connectivity index is 1.71. The lowest BCUT2D eigenvalue weighted by molar-refractivity contribution is 0.179. The molecule has 1 heteroatoms. The van der Waals surface area contributed by atoms with Crippen LogP contribution in [0.3, 0.4) is 0 Å². The lowest BCUT2D eigenvalue weighted by Crippen LogP contribution is -2.44. The predicted octanol–water partition coefficient (Wildman–Crippen LogP) is 4.60. The third kappa shape index (κ3) is 3.51. The van der Waals surface area contributed by atoms with Gasteiger partial charge in [-0.3, -0.25) is 0 Å². The summed E-state index contributed by atoms with van der Waals surface area (Å²) in [7, 11) is 0. The Morgan fingerprint density at radius 1 is 1.10 bits per heavy atom. The minimum absolute atomic E-state index is 0.736. The Kier molecular flexibility index (Phi) is 5.00. The summed E-state index contributed by atoms with van der Waals surface area (Å²) in [6.07, 6.45) is 9.60. The molecule has 0 saturated heterocycles. The summed E-state index contributed by atoms with van der Waals surface area (Å²) in [5, 5.41) is 3.94. The summed E-state index contributed by atoms with van der Waals surface area (Å²) >= 11 is 0. The molecule has 1 aromatic carbocycles. The number of rotatable bonds is 5. The van der Waals surface area contributed by atoms with Crippen molar-refractivity contribution < 1.29 is 0 Å². The van der Waals surface area contributed by atoms with E-state index in [0.29, 0.717) is 0 Å². The Labute approximate surface area is 130 Å². The summed E-state index contributed by atoms with van der Waals surface area (Å²) in [5.74, 6) is 2.65. The molecule has 1 nitrogen and oxygen atoms in total. The van der Waals surface area contributed by atoms with Gasteiger partial charge in [-0.1, -0.05) is 51.0 Å². The van der Waals surface area contributed by atoms with Gasteiger partial charge in [-0.05, 0) is 67.5 Å². The first kappa shape index (κ1) is 15.1. The molecular formula is C20H31N. The van der Waals surface area contributed by atoms with Gasteiger partial charge in [-0.25, -0.2) is 0 Å². The zero-order chi connectivity index (χ0) is 14.7. The van der Waals surface area contributed by atoms with E-state index in [9.17, 15) is 0 Å². The quantitative estimate of drug-likeness (QED) is 0.834. The third-order valence-corrected chi connectivity index (χ3v) is 5.71. The molecule has 0 heterocycles. The van der Waals surface area contributed by atoms with E-state index in [1.807, 2.05) is 0 Å². The van der Waals surface area contributed by atoms with Crippen LogP contribution in [0.4, 0.5) is 0 Å². The Bertz CT molecular complexity index is 428. The second-order valence-electron chi connectivity index (χ2n) is 7.45. The molecule has 0 aliphatic heterocycles. The van der Waals surface area contributed by atoms with E-state index in [-0.39, 0.29) is 0 Å². The molecule has 1 fully saturated rings. The lowest BCUT2D eigenvalue weighted by Gasteiger charge is -2.37. The summed E-state index contributed by atoms with van der Waals surface area (Å²) in [6, 6.07) is 9.84. The topological polar surface area (TPSA) is 12.0 Å². The van der Waals surface area contributed by atoms with Gasteiger partial charge in [-0.15, -0.1) is 0 Å². The molecule has 3 unspecified atom stereocenters. The molecule has 1 saturated carbocycles. The van der Waals surface area contributed by atoms with Crippen molar-refractivity contribution in [1.82, 2.24) is 5.32 Å². The first-order valence-electron chi connectivity index (χ1n) is 9.08. The molecule has 0 radical (unpaired) electrons. The molecule has 2 aliphatic rings. The van der Waals surface area contributed by atoms with Crippen LogP contribution in [-0.4, -0.2) is 12.6 Å². The summed E-state index contributed by atoms with van der Waals surface area (Å²) in [4.78, 5) is 0. The van der Waals surface area contributed by atoms with Gasteiger partial charge in [0.05, 0.1) is 0 Å². The van der Waals surface area contributed by atoms with Crippen LogP contribution in [0, 0.1) is 17.8 Å². The van der Waals surface area contributed by atoms with E-state index in [2.05, 4.69) is 43.4 Å². The number of fused-ring (bicyclic) bond motifs is 1. The fourth-order valence-electron chi connectivity index (χ4n) is 4.68. The highest BCUT2D eigenvalue weighted by Gasteiger charge is 2.34. The summed E-state index contributed by atoms with van der Waals surface area (Å²) < 4.78 is 0. The van der Waals surface area contributed by atoms with Crippen molar-refractivity contribution in [3.05, 3.63) is 35.4 Å². The summed E-state index contributed by atoms with van der Waals surface area (Å²) in [6.45, 7) is 5.92. The lowest BCUT2D eigenvalue weighted by atomic mass is 9.74. The SMILES string of the molecule is CCCNC(C1Cc2ccccc2C1)C1CCCC(C)C1. The van der Waals surface area contributed by atoms with E-state index in [1.54, 1.807) is 11.1 Å². The van der Waals surface area contributed by atoms with E-state index in [0.717, 1.165) is 23.8 Å². The van der Waals surface area contributed by atoms with Crippen molar-refractivity contribution in [1.29, 1.82) is 0 Å². The zero-order valence-electron chi connectivity index (χ0n) is 13.8. The minimum Gasteiger partial charge on any atom is -0.313 e. The van der Waals surface area contributed by atoms with Gasteiger partial charge in [0.2, 0.25) is 0 Å². The molecule has 0 bridgehead atoms. The molecule has 2 aliphatic carbocycles. The summed E-state index contributed by atoms with van der Waals surface area (Å²) in [5.41, 5.74) is 3.21. The molecule has 0 spiro atoms. The molecule has 1 aromatic rings. The van der Waals surface area contributed by atoms with E-state index >= 15 is 0 Å². The van der Waals surface area contributed by atoms with Crippen molar-refractivity contribution in [3.8, 4) is 0 Å². The molecule has 21 heavy (non-hydrogen) atoms. The maximum Gasteiger partial charge on any atom is 0.0130 e. The van der Waals surface area contributed by atoms with Crippen molar-refractivity contribution >= 4 is 0 Å². The first-order valence-corrected chi connectivity index (χ1v) is 9.08. The average Bonchev–Trinajstić information content (AvgIpc) is 2.91. The van der Waals surface area contributed by atoms with Crippen molar-refractivity contribution in [3.63, 3.8) is 0 Å². The van der Waals surface area contributed by atoms with Crippen LogP contribution in [0.15, 0.2) is 24.3 Å². The minimum atomic E-state index is 0.736.